The lowest BCUT2D eigenvalue weighted by Crippen LogP contribution is -2.46. The second-order valence-electron chi connectivity index (χ2n) is 5.93. The fourth-order valence-corrected chi connectivity index (χ4v) is 4.51. The largest absolute Gasteiger partial charge is 0.396 e. The molecular formula is C13H25NO3S. The van der Waals surface area contributed by atoms with E-state index in [1.54, 1.807) is 0 Å². The zero-order valence-electron chi connectivity index (χ0n) is 11.2. The first-order valence-electron chi connectivity index (χ1n) is 7.04. The Labute approximate surface area is 110 Å². The molecule has 0 amide bonds. The van der Waals surface area contributed by atoms with E-state index in [0.717, 1.165) is 51.6 Å². The third kappa shape index (κ3) is 3.45. The number of aliphatic hydroxyl groups is 1. The van der Waals surface area contributed by atoms with Gasteiger partial charge in [-0.05, 0) is 51.1 Å². The van der Waals surface area contributed by atoms with E-state index >= 15 is 0 Å². The highest BCUT2D eigenvalue weighted by molar-refractivity contribution is 7.91. The van der Waals surface area contributed by atoms with Gasteiger partial charge in [0.25, 0.3) is 0 Å². The van der Waals surface area contributed by atoms with Crippen molar-refractivity contribution in [1.29, 1.82) is 0 Å². The van der Waals surface area contributed by atoms with E-state index in [9.17, 15) is 8.42 Å². The fraction of sp³-hybridized carbons (Fsp3) is 1.00. The summed E-state index contributed by atoms with van der Waals surface area (Å²) in [6.07, 6.45) is 7.29. The SMILES string of the molecule is CS(=O)(=O)C1CCCC(N2CCC(CO)CC2)C1. The quantitative estimate of drug-likeness (QED) is 0.836. The minimum Gasteiger partial charge on any atom is -0.396 e. The van der Waals surface area contributed by atoms with E-state index in [2.05, 4.69) is 4.90 Å². The average Bonchev–Trinajstić information content (AvgIpc) is 2.38. The minimum atomic E-state index is -2.88. The second-order valence-corrected chi connectivity index (χ2v) is 8.26. The van der Waals surface area contributed by atoms with Crippen LogP contribution in [-0.2, 0) is 9.84 Å². The van der Waals surface area contributed by atoms with E-state index in [1.165, 1.54) is 6.26 Å². The third-order valence-electron chi connectivity index (χ3n) is 4.63. The molecule has 0 aromatic rings. The van der Waals surface area contributed by atoms with Crippen LogP contribution in [-0.4, -0.2) is 55.7 Å². The van der Waals surface area contributed by atoms with Gasteiger partial charge in [-0.15, -0.1) is 0 Å². The molecule has 1 saturated heterocycles. The summed E-state index contributed by atoms with van der Waals surface area (Å²) in [4.78, 5) is 2.45. The zero-order valence-corrected chi connectivity index (χ0v) is 12.0. The van der Waals surface area contributed by atoms with E-state index < -0.39 is 9.84 Å². The van der Waals surface area contributed by atoms with Gasteiger partial charge in [0.2, 0.25) is 0 Å². The molecule has 1 N–H and O–H groups in total. The Kier molecular flexibility index (Phi) is 4.67. The van der Waals surface area contributed by atoms with Crippen molar-refractivity contribution < 1.29 is 13.5 Å². The van der Waals surface area contributed by atoms with Crippen molar-refractivity contribution in [3.63, 3.8) is 0 Å². The first-order valence-corrected chi connectivity index (χ1v) is 9.00. The highest BCUT2D eigenvalue weighted by Crippen LogP contribution is 2.29. The summed E-state index contributed by atoms with van der Waals surface area (Å²) in [5.41, 5.74) is 0. The molecule has 2 atom stereocenters. The Morgan fingerprint density at radius 1 is 1.17 bits per heavy atom. The van der Waals surface area contributed by atoms with Crippen molar-refractivity contribution in [2.45, 2.75) is 49.8 Å². The molecule has 4 nitrogen and oxygen atoms in total. The minimum absolute atomic E-state index is 0.133. The lowest BCUT2D eigenvalue weighted by atomic mass is 9.90. The standard InChI is InChI=1S/C13H25NO3S/c1-18(16,17)13-4-2-3-12(9-13)14-7-5-11(10-15)6-8-14/h11-13,15H,2-10H2,1H3. The van der Waals surface area contributed by atoms with Crippen molar-refractivity contribution in [2.24, 2.45) is 5.92 Å². The van der Waals surface area contributed by atoms with E-state index in [-0.39, 0.29) is 5.25 Å². The molecule has 18 heavy (non-hydrogen) atoms. The van der Waals surface area contributed by atoms with Gasteiger partial charge in [0.05, 0.1) is 5.25 Å². The molecule has 2 aliphatic rings. The van der Waals surface area contributed by atoms with Crippen LogP contribution in [0.25, 0.3) is 0 Å². The molecule has 1 aliphatic carbocycles. The lowest BCUT2D eigenvalue weighted by Gasteiger charge is -2.40. The number of nitrogens with zero attached hydrogens (tertiary/aromatic N) is 1. The number of piperidine rings is 1. The summed E-state index contributed by atoms with van der Waals surface area (Å²) >= 11 is 0. The maximum atomic E-state index is 11.7. The summed E-state index contributed by atoms with van der Waals surface area (Å²) in [6.45, 7) is 2.34. The molecule has 0 spiro atoms. The number of sulfone groups is 1. The fourth-order valence-electron chi connectivity index (χ4n) is 3.34. The average molecular weight is 275 g/mol. The van der Waals surface area contributed by atoms with Crippen LogP contribution in [0.5, 0.6) is 0 Å². The summed E-state index contributed by atoms with van der Waals surface area (Å²) in [5, 5.41) is 9.01. The smallest absolute Gasteiger partial charge is 0.150 e. The summed E-state index contributed by atoms with van der Waals surface area (Å²) in [7, 11) is -2.88. The van der Waals surface area contributed by atoms with Gasteiger partial charge in [-0.1, -0.05) is 6.42 Å². The van der Waals surface area contributed by atoms with Crippen LogP contribution in [0.4, 0.5) is 0 Å². The second kappa shape index (κ2) is 5.88. The van der Waals surface area contributed by atoms with Crippen LogP contribution in [0.1, 0.15) is 38.5 Å². The number of rotatable bonds is 3. The maximum Gasteiger partial charge on any atom is 0.150 e. The predicted molar refractivity (Wildman–Crippen MR) is 72.3 cm³/mol. The topological polar surface area (TPSA) is 57.6 Å². The molecule has 1 heterocycles. The van der Waals surface area contributed by atoms with Crippen LogP contribution >= 0.6 is 0 Å². The summed E-state index contributed by atoms with van der Waals surface area (Å²) < 4.78 is 23.3. The first kappa shape index (κ1) is 14.3. The molecule has 1 aliphatic heterocycles. The Balaban J connectivity index is 1.90. The highest BCUT2D eigenvalue weighted by atomic mass is 32.2. The van der Waals surface area contributed by atoms with Gasteiger partial charge in [0.15, 0.2) is 0 Å². The first-order chi connectivity index (χ1) is 8.50. The Bertz CT molecular complexity index is 360. The van der Waals surface area contributed by atoms with E-state index in [0.29, 0.717) is 18.6 Å². The van der Waals surface area contributed by atoms with Gasteiger partial charge in [0.1, 0.15) is 9.84 Å². The van der Waals surface area contributed by atoms with Gasteiger partial charge >= 0.3 is 0 Å². The molecule has 0 aromatic heterocycles. The number of aliphatic hydroxyl groups excluding tert-OH is 1. The Morgan fingerprint density at radius 2 is 1.83 bits per heavy atom. The van der Waals surface area contributed by atoms with Gasteiger partial charge in [0, 0.05) is 18.9 Å². The van der Waals surface area contributed by atoms with Crippen LogP contribution in [0.3, 0.4) is 0 Å². The van der Waals surface area contributed by atoms with Crippen LogP contribution in [0.2, 0.25) is 0 Å². The molecular weight excluding hydrogens is 250 g/mol. The number of hydrogen-bond donors (Lipinski definition) is 1. The molecule has 2 fully saturated rings. The van der Waals surface area contributed by atoms with Gasteiger partial charge < -0.3 is 10.0 Å². The van der Waals surface area contributed by atoms with Gasteiger partial charge in [-0.3, -0.25) is 0 Å². The van der Waals surface area contributed by atoms with E-state index in [1.807, 2.05) is 0 Å². The normalized spacial score (nSPS) is 32.6. The van der Waals surface area contributed by atoms with E-state index in [4.69, 9.17) is 5.11 Å². The Hall–Kier alpha value is -0.130. The van der Waals surface area contributed by atoms with Crippen LogP contribution < -0.4 is 0 Å². The van der Waals surface area contributed by atoms with Crippen molar-refractivity contribution in [3.8, 4) is 0 Å². The third-order valence-corrected chi connectivity index (χ3v) is 6.27. The van der Waals surface area contributed by atoms with Crippen molar-refractivity contribution >= 4 is 9.84 Å². The molecule has 2 unspecified atom stereocenters. The molecule has 106 valence electrons. The molecule has 2 rings (SSSR count). The number of likely N-dealkylation sites (tertiary alicyclic amines) is 1. The van der Waals surface area contributed by atoms with Gasteiger partial charge in [-0.25, -0.2) is 8.42 Å². The predicted octanol–water partition coefficient (Wildman–Crippen LogP) is 1.05. The monoisotopic (exact) mass is 275 g/mol. The zero-order chi connectivity index (χ0) is 13.2. The van der Waals surface area contributed by atoms with Crippen molar-refractivity contribution in [3.05, 3.63) is 0 Å². The van der Waals surface area contributed by atoms with Crippen LogP contribution in [0.15, 0.2) is 0 Å². The molecule has 1 saturated carbocycles. The molecule has 0 bridgehead atoms. The summed E-state index contributed by atoms with van der Waals surface area (Å²) in [6, 6.07) is 0.443. The molecule has 0 radical (unpaired) electrons. The van der Waals surface area contributed by atoms with Crippen LogP contribution in [0, 0.1) is 5.92 Å². The Morgan fingerprint density at radius 3 is 2.39 bits per heavy atom. The van der Waals surface area contributed by atoms with Crippen molar-refractivity contribution in [2.75, 3.05) is 26.0 Å². The lowest BCUT2D eigenvalue weighted by molar-refractivity contribution is 0.0845. The molecule has 0 aromatic carbocycles. The maximum absolute atomic E-state index is 11.7. The summed E-state index contributed by atoms with van der Waals surface area (Å²) in [5.74, 6) is 0.454. The molecule has 5 heteroatoms. The number of hydrogen-bond acceptors (Lipinski definition) is 4. The highest BCUT2D eigenvalue weighted by Gasteiger charge is 2.33. The van der Waals surface area contributed by atoms with Crippen molar-refractivity contribution in [1.82, 2.24) is 4.90 Å². The van der Waals surface area contributed by atoms with Gasteiger partial charge in [-0.2, -0.15) is 0 Å².